The molecule has 9 heteroatoms. The summed E-state index contributed by atoms with van der Waals surface area (Å²) in [6.07, 6.45) is 6.33. The molecule has 1 saturated carbocycles. The number of halogens is 3. The lowest BCUT2D eigenvalue weighted by Crippen LogP contribution is -2.02. The van der Waals surface area contributed by atoms with E-state index in [4.69, 9.17) is 11.6 Å². The summed E-state index contributed by atoms with van der Waals surface area (Å²) in [5.74, 6) is -2.51. The fourth-order valence-electron chi connectivity index (χ4n) is 4.09. The number of carboxylic acids is 1. The number of hydrogen-bond acceptors (Lipinski definition) is 3. The molecule has 0 bridgehead atoms. The zero-order valence-corrected chi connectivity index (χ0v) is 19.3. The van der Waals surface area contributed by atoms with E-state index in [-0.39, 0.29) is 15.8 Å². The van der Waals surface area contributed by atoms with Crippen LogP contribution in [0.15, 0.2) is 52.5 Å². The second kappa shape index (κ2) is 8.50. The maximum Gasteiger partial charge on any atom is 0.338 e. The smallest absolute Gasteiger partial charge is 0.338 e. The van der Waals surface area contributed by atoms with E-state index in [1.807, 2.05) is 15.4 Å². The molecule has 1 N–H and O–H groups in total. The number of carboxylic acid groups (broad SMARTS) is 1. The first kappa shape index (κ1) is 22.0. The Morgan fingerprint density at radius 2 is 2.03 bits per heavy atom. The van der Waals surface area contributed by atoms with Crippen molar-refractivity contribution in [3.8, 4) is 5.69 Å². The van der Waals surface area contributed by atoms with Crippen LogP contribution in [0.25, 0.3) is 16.6 Å². The van der Waals surface area contributed by atoms with Crippen LogP contribution in [0.4, 0.5) is 8.78 Å². The molecular weight excluding hydrogens is 468 g/mol. The summed E-state index contributed by atoms with van der Waals surface area (Å²) in [4.78, 5) is 12.3. The molecule has 2 heterocycles. The maximum atomic E-state index is 15.4. The minimum atomic E-state index is -1.33. The van der Waals surface area contributed by atoms with Crippen LogP contribution in [0.1, 0.15) is 48.2 Å². The average molecular weight is 488 g/mol. The number of aromatic nitrogens is 3. The van der Waals surface area contributed by atoms with Gasteiger partial charge in [-0.25, -0.2) is 13.6 Å². The van der Waals surface area contributed by atoms with Gasteiger partial charge in [0.05, 0.1) is 28.0 Å². The molecule has 1 aliphatic rings. The van der Waals surface area contributed by atoms with Gasteiger partial charge in [-0.05, 0) is 43.5 Å². The largest absolute Gasteiger partial charge is 0.478 e. The average Bonchev–Trinajstić information content (AvgIpc) is 3.43. The highest BCUT2D eigenvalue weighted by molar-refractivity contribution is 7.99. The Labute approximate surface area is 198 Å². The quantitative estimate of drug-likeness (QED) is 0.308. The van der Waals surface area contributed by atoms with Crippen molar-refractivity contribution in [2.45, 2.75) is 48.4 Å². The molecule has 2 aromatic carbocycles. The van der Waals surface area contributed by atoms with Crippen LogP contribution in [-0.2, 0) is 6.54 Å². The van der Waals surface area contributed by atoms with Crippen molar-refractivity contribution in [1.29, 1.82) is 0 Å². The third-order valence-electron chi connectivity index (χ3n) is 5.71. The molecule has 5 rings (SSSR count). The van der Waals surface area contributed by atoms with E-state index in [9.17, 15) is 9.90 Å². The minimum absolute atomic E-state index is 0.000141. The van der Waals surface area contributed by atoms with Gasteiger partial charge >= 0.3 is 5.97 Å². The molecule has 4 aromatic rings. The van der Waals surface area contributed by atoms with Gasteiger partial charge in [-0.3, -0.25) is 4.68 Å². The van der Waals surface area contributed by atoms with E-state index in [1.54, 1.807) is 12.3 Å². The normalized spacial score (nSPS) is 13.7. The second-order valence-corrected chi connectivity index (χ2v) is 9.53. The Morgan fingerprint density at radius 3 is 2.73 bits per heavy atom. The molecular formula is C24H20ClF2N3O2S. The molecule has 1 fully saturated rings. The lowest BCUT2D eigenvalue weighted by Gasteiger charge is -2.11. The Hall–Kier alpha value is -2.84. The number of aryl methyl sites for hydroxylation is 1. The molecule has 0 amide bonds. The highest BCUT2D eigenvalue weighted by atomic mass is 35.5. The van der Waals surface area contributed by atoms with Crippen molar-refractivity contribution in [3.63, 3.8) is 0 Å². The standard InChI is InChI=1S/C24H20ClF2N3O2S/c1-2-10-29-12-14(11-28-29)30-21(13-6-7-13)23(16-8-9-17(25)20(27)22(16)30)33-18-5-3-4-15(19(18)26)24(31)32/h3-5,8-9,11-13H,2,6-7,10H2,1H3,(H,31,32). The Kier molecular flexibility index (Phi) is 5.66. The van der Waals surface area contributed by atoms with Crippen molar-refractivity contribution >= 4 is 40.2 Å². The fourth-order valence-corrected chi connectivity index (χ4v) is 5.44. The van der Waals surface area contributed by atoms with Gasteiger partial charge in [0, 0.05) is 39.5 Å². The zero-order chi connectivity index (χ0) is 23.3. The zero-order valence-electron chi connectivity index (χ0n) is 17.7. The molecule has 0 radical (unpaired) electrons. The lowest BCUT2D eigenvalue weighted by atomic mass is 10.2. The Morgan fingerprint density at radius 1 is 1.24 bits per heavy atom. The van der Waals surface area contributed by atoms with Crippen LogP contribution in [0, 0.1) is 11.6 Å². The van der Waals surface area contributed by atoms with Crippen LogP contribution in [0.2, 0.25) is 5.02 Å². The Bertz CT molecular complexity index is 1390. The second-order valence-electron chi connectivity index (χ2n) is 8.07. The number of aromatic carboxylic acids is 1. The first-order valence-electron chi connectivity index (χ1n) is 10.7. The van der Waals surface area contributed by atoms with Gasteiger partial charge in [-0.2, -0.15) is 5.10 Å². The highest BCUT2D eigenvalue weighted by Crippen LogP contribution is 2.51. The van der Waals surface area contributed by atoms with Gasteiger partial charge in [0.25, 0.3) is 0 Å². The van der Waals surface area contributed by atoms with Gasteiger partial charge in [0.2, 0.25) is 0 Å². The van der Waals surface area contributed by atoms with E-state index >= 15 is 8.78 Å². The van der Waals surface area contributed by atoms with E-state index in [0.717, 1.165) is 43.3 Å². The van der Waals surface area contributed by atoms with Crippen molar-refractivity contribution in [3.05, 3.63) is 70.6 Å². The van der Waals surface area contributed by atoms with Gasteiger partial charge in [-0.1, -0.05) is 36.4 Å². The topological polar surface area (TPSA) is 60.0 Å². The number of benzene rings is 2. The lowest BCUT2D eigenvalue weighted by molar-refractivity contribution is 0.0691. The van der Waals surface area contributed by atoms with Gasteiger partial charge in [-0.15, -0.1) is 0 Å². The summed E-state index contributed by atoms with van der Waals surface area (Å²) >= 11 is 7.28. The summed E-state index contributed by atoms with van der Waals surface area (Å²) in [5, 5.41) is 14.3. The summed E-state index contributed by atoms with van der Waals surface area (Å²) < 4.78 is 34.1. The summed E-state index contributed by atoms with van der Waals surface area (Å²) in [5.41, 5.74) is 1.50. The van der Waals surface area contributed by atoms with Crippen LogP contribution >= 0.6 is 23.4 Å². The van der Waals surface area contributed by atoms with E-state index in [0.29, 0.717) is 21.5 Å². The van der Waals surface area contributed by atoms with Gasteiger partial charge in [0.15, 0.2) is 11.6 Å². The minimum Gasteiger partial charge on any atom is -0.478 e. The van der Waals surface area contributed by atoms with Crippen LogP contribution in [0.5, 0.6) is 0 Å². The summed E-state index contributed by atoms with van der Waals surface area (Å²) in [6, 6.07) is 7.51. The van der Waals surface area contributed by atoms with Crippen LogP contribution in [0.3, 0.4) is 0 Å². The number of rotatable bonds is 7. The SMILES string of the molecule is CCCn1cc(-n2c(C3CC3)c(Sc3cccc(C(=O)O)c3F)c3ccc(Cl)c(F)c32)cn1. The molecule has 2 aromatic heterocycles. The van der Waals surface area contributed by atoms with E-state index in [2.05, 4.69) is 12.0 Å². The highest BCUT2D eigenvalue weighted by Gasteiger charge is 2.34. The number of hydrogen-bond donors (Lipinski definition) is 1. The molecule has 0 unspecified atom stereocenters. The number of fused-ring (bicyclic) bond motifs is 1. The number of nitrogens with zero attached hydrogens (tertiary/aromatic N) is 3. The third kappa shape index (κ3) is 3.81. The predicted octanol–water partition coefficient (Wildman–Crippen LogP) is 6.90. The molecule has 33 heavy (non-hydrogen) atoms. The first-order chi connectivity index (χ1) is 15.9. The predicted molar refractivity (Wildman–Crippen MR) is 124 cm³/mol. The Balaban J connectivity index is 1.76. The fraction of sp³-hybridized carbons (Fsp3) is 0.250. The first-order valence-corrected chi connectivity index (χ1v) is 11.8. The molecule has 0 spiro atoms. The van der Waals surface area contributed by atoms with E-state index < -0.39 is 23.2 Å². The van der Waals surface area contributed by atoms with Crippen molar-refractivity contribution in [2.75, 3.05) is 0 Å². The van der Waals surface area contributed by atoms with E-state index in [1.165, 1.54) is 24.3 Å². The molecule has 170 valence electrons. The van der Waals surface area contributed by atoms with Crippen molar-refractivity contribution < 1.29 is 18.7 Å². The molecule has 1 aliphatic carbocycles. The molecule has 5 nitrogen and oxygen atoms in total. The van der Waals surface area contributed by atoms with Crippen LogP contribution in [-0.4, -0.2) is 25.4 Å². The molecule has 0 saturated heterocycles. The van der Waals surface area contributed by atoms with Crippen molar-refractivity contribution in [2.24, 2.45) is 0 Å². The van der Waals surface area contributed by atoms with Crippen LogP contribution < -0.4 is 0 Å². The molecule has 0 aliphatic heterocycles. The summed E-state index contributed by atoms with van der Waals surface area (Å²) in [6.45, 7) is 2.78. The van der Waals surface area contributed by atoms with Gasteiger partial charge < -0.3 is 9.67 Å². The maximum absolute atomic E-state index is 15.4. The third-order valence-corrected chi connectivity index (χ3v) is 7.17. The number of carbonyl (C=O) groups is 1. The summed E-state index contributed by atoms with van der Waals surface area (Å²) in [7, 11) is 0. The van der Waals surface area contributed by atoms with Crippen molar-refractivity contribution in [1.82, 2.24) is 14.3 Å². The molecule has 0 atom stereocenters. The van der Waals surface area contributed by atoms with Gasteiger partial charge in [0.1, 0.15) is 0 Å². The monoisotopic (exact) mass is 487 g/mol.